The van der Waals surface area contributed by atoms with E-state index in [-0.39, 0.29) is 17.0 Å². The van der Waals surface area contributed by atoms with Crippen LogP contribution in [0.4, 0.5) is 5.69 Å². The number of nitrogens with two attached hydrogens (primary N) is 1. The number of non-ortho nitro benzene ring substituents is 1. The number of carbonyl (C=O) groups excluding carboxylic acids is 1. The van der Waals surface area contributed by atoms with E-state index >= 15 is 0 Å². The van der Waals surface area contributed by atoms with Gasteiger partial charge in [0.2, 0.25) is 0 Å². The van der Waals surface area contributed by atoms with Crippen LogP contribution in [0.25, 0.3) is 0 Å². The van der Waals surface area contributed by atoms with Gasteiger partial charge in [0.05, 0.1) is 23.0 Å². The van der Waals surface area contributed by atoms with E-state index in [0.29, 0.717) is 12.0 Å². The predicted molar refractivity (Wildman–Crippen MR) is 81.3 cm³/mol. The van der Waals surface area contributed by atoms with Gasteiger partial charge < -0.3 is 10.4 Å². The van der Waals surface area contributed by atoms with Crippen molar-refractivity contribution in [3.05, 3.63) is 39.9 Å². The summed E-state index contributed by atoms with van der Waals surface area (Å²) in [4.78, 5) is 22.9. The van der Waals surface area contributed by atoms with Crippen LogP contribution in [0.15, 0.2) is 24.3 Å². The number of aliphatic hydroxyl groups is 1. The van der Waals surface area contributed by atoms with Crippen LogP contribution in [0.5, 0.6) is 0 Å². The van der Waals surface area contributed by atoms with E-state index in [1.165, 1.54) is 18.2 Å². The van der Waals surface area contributed by atoms with Crippen LogP contribution in [0.2, 0.25) is 0 Å². The highest BCUT2D eigenvalue weighted by atomic mass is 16.6. The summed E-state index contributed by atoms with van der Waals surface area (Å²) in [6, 6.07) is 5.87. The second-order valence-electron chi connectivity index (χ2n) is 7.37. The number of ketones is 1. The van der Waals surface area contributed by atoms with Crippen molar-refractivity contribution in [2.45, 2.75) is 51.3 Å². The quantitative estimate of drug-likeness (QED) is 0.650. The fourth-order valence-electron chi connectivity index (χ4n) is 3.72. The summed E-state index contributed by atoms with van der Waals surface area (Å²) in [7, 11) is 0. The Morgan fingerprint density at radius 3 is 2.55 bits per heavy atom. The fourth-order valence-corrected chi connectivity index (χ4v) is 3.72. The number of nitrogens with zero attached hydrogens (tertiary/aromatic N) is 1. The molecule has 0 saturated carbocycles. The highest BCUT2D eigenvalue weighted by molar-refractivity contribution is 5.84. The van der Waals surface area contributed by atoms with E-state index in [1.54, 1.807) is 6.07 Å². The van der Waals surface area contributed by atoms with Crippen molar-refractivity contribution in [3.8, 4) is 0 Å². The van der Waals surface area contributed by atoms with E-state index in [2.05, 4.69) is 5.32 Å². The minimum atomic E-state index is -1.05. The van der Waals surface area contributed by atoms with Gasteiger partial charge in [0.15, 0.2) is 5.78 Å². The molecular formula is C16H23N2O4+. The Labute approximate surface area is 129 Å². The lowest BCUT2D eigenvalue weighted by molar-refractivity contribution is -0.788. The normalized spacial score (nSPS) is 24.8. The summed E-state index contributed by atoms with van der Waals surface area (Å²) in [6.07, 6.45) is -0.678. The number of nitro benzene ring substituents is 1. The van der Waals surface area contributed by atoms with Crippen LogP contribution < -0.4 is 5.32 Å². The van der Waals surface area contributed by atoms with Crippen LogP contribution in [0, 0.1) is 16.0 Å². The highest BCUT2D eigenvalue weighted by Gasteiger charge is 2.52. The van der Waals surface area contributed by atoms with Crippen molar-refractivity contribution in [2.24, 2.45) is 5.92 Å². The third kappa shape index (κ3) is 3.18. The zero-order valence-electron chi connectivity index (χ0n) is 13.4. The standard InChI is InChI=1S/C16H22N2O4/c1-15(2)9-12(19)13(16(3,4)17-15)14(20)10-6-5-7-11(8-10)18(21)22/h5-8,13-14,17,20H,9H2,1-4H3/p+1/t13-,14-/m1/s1. The molecule has 1 fully saturated rings. The number of Topliss-reactive ketones (excluding diaryl/α,β-unsaturated/α-hetero) is 1. The molecule has 0 aliphatic carbocycles. The first-order chi connectivity index (χ1) is 10.0. The van der Waals surface area contributed by atoms with Crippen LogP contribution >= 0.6 is 0 Å². The first-order valence-corrected chi connectivity index (χ1v) is 7.36. The molecule has 6 nitrogen and oxygen atoms in total. The summed E-state index contributed by atoms with van der Waals surface area (Å²) in [6.45, 7) is 7.86. The number of hydrogen-bond acceptors (Lipinski definition) is 4. The fraction of sp³-hybridized carbons (Fsp3) is 0.562. The molecule has 120 valence electrons. The summed E-state index contributed by atoms with van der Waals surface area (Å²) in [5.41, 5.74) is -0.363. The topological polar surface area (TPSA) is 97.0 Å². The van der Waals surface area contributed by atoms with Gasteiger partial charge in [-0.05, 0) is 33.3 Å². The minimum Gasteiger partial charge on any atom is -0.387 e. The lowest BCUT2D eigenvalue weighted by Crippen LogP contribution is -3.07. The monoisotopic (exact) mass is 307 g/mol. The zero-order chi connectivity index (χ0) is 16.7. The minimum absolute atomic E-state index is 0.00324. The Kier molecular flexibility index (Phi) is 4.10. The Morgan fingerprint density at radius 2 is 2.00 bits per heavy atom. The molecule has 0 radical (unpaired) electrons. The SMILES string of the molecule is CC1(C)CC(=O)[C@H]([C@H](O)c2cccc([N+](=O)[O-])c2)C(C)(C)[NH2+]1. The summed E-state index contributed by atoms with van der Waals surface area (Å²) in [5, 5.41) is 23.6. The smallest absolute Gasteiger partial charge is 0.269 e. The van der Waals surface area contributed by atoms with Crippen molar-refractivity contribution in [3.63, 3.8) is 0 Å². The van der Waals surface area contributed by atoms with Crippen molar-refractivity contribution in [2.75, 3.05) is 0 Å². The average molecular weight is 307 g/mol. The predicted octanol–water partition coefficient (Wildman–Crippen LogP) is 1.34. The summed E-state index contributed by atoms with van der Waals surface area (Å²) >= 11 is 0. The molecule has 0 aromatic heterocycles. The molecule has 0 unspecified atom stereocenters. The number of quaternary nitrogens is 1. The first-order valence-electron chi connectivity index (χ1n) is 7.36. The van der Waals surface area contributed by atoms with Crippen molar-refractivity contribution < 1.29 is 20.1 Å². The number of hydrogen-bond donors (Lipinski definition) is 2. The van der Waals surface area contributed by atoms with E-state index < -0.39 is 22.5 Å². The maximum absolute atomic E-state index is 12.5. The van der Waals surface area contributed by atoms with E-state index in [1.807, 2.05) is 27.7 Å². The van der Waals surface area contributed by atoms with E-state index in [4.69, 9.17) is 0 Å². The van der Waals surface area contributed by atoms with Gasteiger partial charge in [0.25, 0.3) is 5.69 Å². The molecule has 22 heavy (non-hydrogen) atoms. The number of piperidine rings is 1. The number of nitro groups is 1. The van der Waals surface area contributed by atoms with Gasteiger partial charge in [0, 0.05) is 12.1 Å². The lowest BCUT2D eigenvalue weighted by atomic mass is 9.70. The molecule has 1 heterocycles. The highest BCUT2D eigenvalue weighted by Crippen LogP contribution is 2.35. The number of benzene rings is 1. The van der Waals surface area contributed by atoms with Crippen LogP contribution in [-0.2, 0) is 4.79 Å². The van der Waals surface area contributed by atoms with Gasteiger partial charge in [-0.2, -0.15) is 0 Å². The molecule has 1 aliphatic rings. The third-order valence-electron chi connectivity index (χ3n) is 4.28. The molecule has 3 N–H and O–H groups in total. The molecule has 2 rings (SSSR count). The second kappa shape index (κ2) is 5.44. The second-order valence-corrected chi connectivity index (χ2v) is 7.37. The van der Waals surface area contributed by atoms with Crippen molar-refractivity contribution >= 4 is 11.5 Å². The van der Waals surface area contributed by atoms with Crippen molar-refractivity contribution in [1.29, 1.82) is 0 Å². The zero-order valence-corrected chi connectivity index (χ0v) is 13.4. The maximum Gasteiger partial charge on any atom is 0.269 e. The Balaban J connectivity index is 2.36. The molecular weight excluding hydrogens is 284 g/mol. The Bertz CT molecular complexity index is 610. The van der Waals surface area contributed by atoms with Gasteiger partial charge in [-0.1, -0.05) is 12.1 Å². The Hall–Kier alpha value is -1.79. The molecule has 1 saturated heterocycles. The van der Waals surface area contributed by atoms with E-state index in [9.17, 15) is 20.0 Å². The van der Waals surface area contributed by atoms with Crippen LogP contribution in [0.3, 0.4) is 0 Å². The molecule has 0 amide bonds. The van der Waals surface area contributed by atoms with Gasteiger partial charge in [-0.3, -0.25) is 14.9 Å². The Morgan fingerprint density at radius 1 is 1.36 bits per heavy atom. The maximum atomic E-state index is 12.5. The van der Waals surface area contributed by atoms with Gasteiger partial charge in [-0.15, -0.1) is 0 Å². The van der Waals surface area contributed by atoms with Crippen LogP contribution in [0.1, 0.15) is 45.8 Å². The van der Waals surface area contributed by atoms with Crippen molar-refractivity contribution in [1.82, 2.24) is 0 Å². The molecule has 1 aromatic carbocycles. The number of rotatable bonds is 3. The molecule has 0 spiro atoms. The third-order valence-corrected chi connectivity index (χ3v) is 4.28. The van der Waals surface area contributed by atoms with Gasteiger partial charge in [-0.25, -0.2) is 0 Å². The van der Waals surface area contributed by atoms with Crippen LogP contribution in [-0.4, -0.2) is 26.9 Å². The van der Waals surface area contributed by atoms with E-state index in [0.717, 1.165) is 0 Å². The molecule has 0 bridgehead atoms. The molecule has 1 aliphatic heterocycles. The number of aliphatic hydroxyl groups excluding tert-OH is 1. The summed E-state index contributed by atoms with van der Waals surface area (Å²) in [5.74, 6) is -0.598. The first kappa shape index (κ1) is 16.6. The largest absolute Gasteiger partial charge is 0.387 e. The summed E-state index contributed by atoms with van der Waals surface area (Å²) < 4.78 is 0. The van der Waals surface area contributed by atoms with Gasteiger partial charge in [0.1, 0.15) is 11.5 Å². The lowest BCUT2D eigenvalue weighted by Gasteiger charge is -2.44. The molecule has 6 heteroatoms. The number of carbonyl (C=O) groups is 1. The molecule has 2 atom stereocenters. The molecule has 1 aromatic rings. The average Bonchev–Trinajstić information content (AvgIpc) is 2.35. The van der Waals surface area contributed by atoms with Gasteiger partial charge >= 0.3 is 0 Å².